The van der Waals surface area contributed by atoms with Crippen LogP contribution in [0.2, 0.25) is 0 Å². The van der Waals surface area contributed by atoms with E-state index >= 15 is 0 Å². The molecular weight excluding hydrogens is 453 g/mol. The van der Waals surface area contributed by atoms with E-state index in [2.05, 4.69) is 31.9 Å². The van der Waals surface area contributed by atoms with Gasteiger partial charge in [0.05, 0.1) is 13.2 Å². The molecule has 0 aromatic heterocycles. The molecule has 3 saturated heterocycles. The number of hydrogen-bond acceptors (Lipinski definition) is 4. The molecule has 0 saturated carbocycles. The molecule has 1 N–H and O–H groups in total. The smallest absolute Gasteiger partial charge is 0.193 e. The van der Waals surface area contributed by atoms with Gasteiger partial charge in [-0.2, -0.15) is 0 Å². The summed E-state index contributed by atoms with van der Waals surface area (Å²) in [4.78, 5) is 12.1. The summed E-state index contributed by atoms with van der Waals surface area (Å²) in [6.07, 6.45) is 5.29. The molecule has 3 heterocycles. The van der Waals surface area contributed by atoms with Gasteiger partial charge in [0.25, 0.3) is 0 Å². The number of nitrogens with zero attached hydrogens (tertiary/aromatic N) is 4. The van der Waals surface area contributed by atoms with Crippen LogP contribution in [-0.2, 0) is 4.74 Å². The van der Waals surface area contributed by atoms with Crippen molar-refractivity contribution in [1.29, 1.82) is 0 Å². The zero-order valence-corrected chi connectivity index (χ0v) is 19.7. The zero-order valence-electron chi connectivity index (χ0n) is 17.4. The van der Waals surface area contributed by atoms with Crippen LogP contribution in [0.4, 0.5) is 0 Å². The number of hydrogen-bond donors (Lipinski definition) is 1. The first-order valence-corrected chi connectivity index (χ1v) is 10.8. The van der Waals surface area contributed by atoms with Crippen molar-refractivity contribution in [3.63, 3.8) is 0 Å². The lowest BCUT2D eigenvalue weighted by Crippen LogP contribution is -2.43. The molecule has 1 atom stereocenters. The number of likely N-dealkylation sites (tertiary alicyclic amines) is 2. The van der Waals surface area contributed by atoms with Gasteiger partial charge in [-0.15, -0.1) is 24.0 Å². The highest BCUT2D eigenvalue weighted by atomic mass is 127. The van der Waals surface area contributed by atoms with Crippen LogP contribution in [0.1, 0.15) is 32.6 Å². The van der Waals surface area contributed by atoms with Crippen molar-refractivity contribution in [1.82, 2.24) is 20.0 Å². The van der Waals surface area contributed by atoms with E-state index in [1.54, 1.807) is 0 Å². The molecule has 158 valence electrons. The largest absolute Gasteiger partial charge is 0.379 e. The molecular formula is C20H40IN5O. The van der Waals surface area contributed by atoms with Crippen molar-refractivity contribution >= 4 is 29.9 Å². The first-order chi connectivity index (χ1) is 12.8. The number of piperidine rings is 1. The SMILES string of the molecule is CCN1CCC(CCNC(=NC)N2CCC(CN3CCOCC3)C2)CC1.I. The van der Waals surface area contributed by atoms with Crippen molar-refractivity contribution in [3.8, 4) is 0 Å². The van der Waals surface area contributed by atoms with Crippen molar-refractivity contribution in [2.75, 3.05) is 79.2 Å². The highest BCUT2D eigenvalue weighted by molar-refractivity contribution is 14.0. The fourth-order valence-corrected chi connectivity index (χ4v) is 4.63. The first kappa shape index (κ1) is 23.2. The molecule has 0 aromatic carbocycles. The number of ether oxygens (including phenoxy) is 1. The predicted octanol–water partition coefficient (Wildman–Crippen LogP) is 1.96. The normalized spacial score (nSPS) is 26.2. The minimum atomic E-state index is 0. The Hall–Kier alpha value is -0.120. The number of guanidine groups is 1. The highest BCUT2D eigenvalue weighted by Crippen LogP contribution is 2.20. The second kappa shape index (κ2) is 12.4. The summed E-state index contributed by atoms with van der Waals surface area (Å²) in [5, 5.41) is 3.64. The van der Waals surface area contributed by atoms with Gasteiger partial charge in [-0.1, -0.05) is 6.92 Å². The Kier molecular flexibility index (Phi) is 10.7. The van der Waals surface area contributed by atoms with E-state index in [4.69, 9.17) is 4.74 Å². The molecule has 6 nitrogen and oxygen atoms in total. The Morgan fingerprint density at radius 2 is 1.70 bits per heavy atom. The third kappa shape index (κ3) is 7.33. The molecule has 0 aromatic rings. The van der Waals surface area contributed by atoms with Crippen molar-refractivity contribution in [2.24, 2.45) is 16.8 Å². The molecule has 1 unspecified atom stereocenters. The van der Waals surface area contributed by atoms with Crippen molar-refractivity contribution in [2.45, 2.75) is 32.6 Å². The summed E-state index contributed by atoms with van der Waals surface area (Å²) in [5.41, 5.74) is 0. The summed E-state index contributed by atoms with van der Waals surface area (Å²) in [6, 6.07) is 0. The molecule has 0 spiro atoms. The third-order valence-corrected chi connectivity index (χ3v) is 6.41. The molecule has 0 radical (unpaired) electrons. The topological polar surface area (TPSA) is 43.3 Å². The standard InChI is InChI=1S/C20H39N5O.HI/c1-3-23-9-5-18(6-10-23)4-8-22-20(21-2)25-11-7-19(17-25)16-24-12-14-26-15-13-24;/h18-19H,3-17H2,1-2H3,(H,21,22);1H. The Labute approximate surface area is 183 Å². The number of nitrogens with one attached hydrogen (secondary N) is 1. The molecule has 7 heteroatoms. The summed E-state index contributed by atoms with van der Waals surface area (Å²) in [5.74, 6) is 2.77. The maximum absolute atomic E-state index is 5.46. The summed E-state index contributed by atoms with van der Waals surface area (Å²) in [7, 11) is 1.93. The molecule has 3 aliphatic heterocycles. The molecule has 3 aliphatic rings. The average Bonchev–Trinajstić information content (AvgIpc) is 3.15. The van der Waals surface area contributed by atoms with Crippen molar-refractivity contribution < 1.29 is 4.74 Å². The van der Waals surface area contributed by atoms with Crippen LogP contribution in [0.5, 0.6) is 0 Å². The van der Waals surface area contributed by atoms with Crippen LogP contribution in [0.3, 0.4) is 0 Å². The maximum atomic E-state index is 5.46. The Bertz CT molecular complexity index is 436. The highest BCUT2D eigenvalue weighted by Gasteiger charge is 2.27. The molecule has 0 aliphatic carbocycles. The molecule has 27 heavy (non-hydrogen) atoms. The predicted molar refractivity (Wildman–Crippen MR) is 123 cm³/mol. The van der Waals surface area contributed by atoms with Gasteiger partial charge >= 0.3 is 0 Å². The van der Waals surface area contributed by atoms with Crippen LogP contribution in [0, 0.1) is 11.8 Å². The van der Waals surface area contributed by atoms with E-state index in [9.17, 15) is 0 Å². The lowest BCUT2D eigenvalue weighted by atomic mass is 9.93. The number of morpholine rings is 1. The Morgan fingerprint density at radius 3 is 2.37 bits per heavy atom. The zero-order chi connectivity index (χ0) is 18.2. The van der Waals surface area contributed by atoms with Gasteiger partial charge in [0.15, 0.2) is 5.96 Å². The van der Waals surface area contributed by atoms with E-state index in [0.717, 1.165) is 63.7 Å². The molecule has 0 bridgehead atoms. The molecule has 0 amide bonds. The van der Waals surface area contributed by atoms with Gasteiger partial charge in [-0.3, -0.25) is 9.89 Å². The van der Waals surface area contributed by atoms with Crippen LogP contribution >= 0.6 is 24.0 Å². The van der Waals surface area contributed by atoms with Gasteiger partial charge < -0.3 is 19.9 Å². The lowest BCUT2D eigenvalue weighted by Gasteiger charge is -2.31. The average molecular weight is 493 g/mol. The number of halogens is 1. The Balaban J connectivity index is 0.00000261. The van der Waals surface area contributed by atoms with Gasteiger partial charge in [0, 0.05) is 46.3 Å². The monoisotopic (exact) mass is 493 g/mol. The molecule has 3 rings (SSSR count). The van der Waals surface area contributed by atoms with Gasteiger partial charge in [0.2, 0.25) is 0 Å². The third-order valence-electron chi connectivity index (χ3n) is 6.41. The van der Waals surface area contributed by atoms with Crippen LogP contribution in [0.15, 0.2) is 4.99 Å². The van der Waals surface area contributed by atoms with E-state index in [1.165, 1.54) is 51.9 Å². The second-order valence-corrected chi connectivity index (χ2v) is 8.15. The summed E-state index contributed by atoms with van der Waals surface area (Å²) in [6.45, 7) is 14.6. The number of rotatable bonds is 6. The lowest BCUT2D eigenvalue weighted by molar-refractivity contribution is 0.0315. The van der Waals surface area contributed by atoms with Gasteiger partial charge in [0.1, 0.15) is 0 Å². The first-order valence-electron chi connectivity index (χ1n) is 10.8. The van der Waals surface area contributed by atoms with Gasteiger partial charge in [-0.05, 0) is 57.2 Å². The van der Waals surface area contributed by atoms with Gasteiger partial charge in [-0.25, -0.2) is 0 Å². The Morgan fingerprint density at radius 1 is 1.00 bits per heavy atom. The fraction of sp³-hybridized carbons (Fsp3) is 0.950. The van der Waals surface area contributed by atoms with Crippen LogP contribution in [-0.4, -0.2) is 99.8 Å². The quantitative estimate of drug-likeness (QED) is 0.348. The van der Waals surface area contributed by atoms with E-state index in [0.29, 0.717) is 0 Å². The maximum Gasteiger partial charge on any atom is 0.193 e. The van der Waals surface area contributed by atoms with Crippen molar-refractivity contribution in [3.05, 3.63) is 0 Å². The minimum absolute atomic E-state index is 0. The minimum Gasteiger partial charge on any atom is -0.379 e. The second-order valence-electron chi connectivity index (χ2n) is 8.15. The van der Waals surface area contributed by atoms with E-state index < -0.39 is 0 Å². The van der Waals surface area contributed by atoms with Crippen LogP contribution in [0.25, 0.3) is 0 Å². The fourth-order valence-electron chi connectivity index (χ4n) is 4.63. The molecule has 3 fully saturated rings. The van der Waals surface area contributed by atoms with E-state index in [-0.39, 0.29) is 24.0 Å². The van der Waals surface area contributed by atoms with E-state index in [1.807, 2.05) is 7.05 Å². The summed E-state index contributed by atoms with van der Waals surface area (Å²) >= 11 is 0. The number of aliphatic imine (C=N–C) groups is 1. The summed E-state index contributed by atoms with van der Waals surface area (Å²) < 4.78 is 5.46. The van der Waals surface area contributed by atoms with Crippen LogP contribution < -0.4 is 5.32 Å².